The molecule has 0 amide bonds. The van der Waals surface area contributed by atoms with Crippen LogP contribution in [-0.2, 0) is 17.6 Å². The van der Waals surface area contributed by atoms with E-state index in [0.29, 0.717) is 37.7 Å². The Morgan fingerprint density at radius 2 is 2.10 bits per heavy atom. The van der Waals surface area contributed by atoms with Gasteiger partial charge in [-0.3, -0.25) is 9.88 Å². The normalized spacial score (nSPS) is 13.3. The van der Waals surface area contributed by atoms with Crippen LogP contribution in [-0.4, -0.2) is 81.8 Å². The average Bonchev–Trinajstić information content (AvgIpc) is 2.97. The zero-order valence-electron chi connectivity index (χ0n) is 22.7. The molecule has 0 bridgehead atoms. The summed E-state index contributed by atoms with van der Waals surface area (Å²) in [6.07, 6.45) is 9.34. The van der Waals surface area contributed by atoms with E-state index in [4.69, 9.17) is 14.5 Å². The lowest BCUT2D eigenvalue weighted by molar-refractivity contribution is -0.138. The van der Waals surface area contributed by atoms with Gasteiger partial charge in [0.05, 0.1) is 19.5 Å². The minimum atomic E-state index is -0.980. The first kappa shape index (κ1) is 28.9. The Hall–Kier alpha value is -4.06. The molecule has 4 heterocycles. The molecule has 40 heavy (non-hydrogen) atoms. The SMILES string of the molecule is COc1nccc(NC(CCN(CCCCc2ccc3c(n2)NCCC3)CCOc2cncc(F)c2)C(=O)O)n1. The number of anilines is 2. The molecular weight excluding hydrogens is 517 g/mol. The van der Waals surface area contributed by atoms with Crippen LogP contribution in [0.3, 0.4) is 0 Å². The Balaban J connectivity index is 1.31. The lowest BCUT2D eigenvalue weighted by Gasteiger charge is -2.24. The number of nitrogens with one attached hydrogen (secondary N) is 2. The van der Waals surface area contributed by atoms with Gasteiger partial charge in [0.25, 0.3) is 0 Å². The van der Waals surface area contributed by atoms with E-state index in [9.17, 15) is 14.3 Å². The summed E-state index contributed by atoms with van der Waals surface area (Å²) in [5.41, 5.74) is 2.34. The van der Waals surface area contributed by atoms with E-state index in [1.807, 2.05) is 0 Å². The van der Waals surface area contributed by atoms with Crippen molar-refractivity contribution in [3.05, 3.63) is 59.9 Å². The summed E-state index contributed by atoms with van der Waals surface area (Å²) in [4.78, 5) is 30.8. The zero-order valence-corrected chi connectivity index (χ0v) is 22.7. The molecule has 1 aliphatic heterocycles. The number of ether oxygens (including phenoxy) is 2. The fourth-order valence-electron chi connectivity index (χ4n) is 4.52. The van der Waals surface area contributed by atoms with Gasteiger partial charge < -0.3 is 25.2 Å². The molecule has 214 valence electrons. The van der Waals surface area contributed by atoms with Crippen molar-refractivity contribution in [2.75, 3.05) is 50.5 Å². The maximum Gasteiger partial charge on any atom is 0.326 e. The largest absolute Gasteiger partial charge is 0.491 e. The molecule has 0 spiro atoms. The smallest absolute Gasteiger partial charge is 0.326 e. The first-order valence-corrected chi connectivity index (χ1v) is 13.5. The summed E-state index contributed by atoms with van der Waals surface area (Å²) in [5, 5.41) is 16.2. The highest BCUT2D eigenvalue weighted by Crippen LogP contribution is 2.20. The fraction of sp³-hybridized carbons (Fsp3) is 0.464. The number of pyridine rings is 2. The van der Waals surface area contributed by atoms with Gasteiger partial charge in [-0.25, -0.2) is 19.2 Å². The molecule has 3 aromatic rings. The molecule has 11 nitrogen and oxygen atoms in total. The van der Waals surface area contributed by atoms with Gasteiger partial charge in [-0.05, 0) is 62.8 Å². The lowest BCUT2D eigenvalue weighted by Crippen LogP contribution is -2.37. The summed E-state index contributed by atoms with van der Waals surface area (Å²) in [6, 6.07) is 6.46. The van der Waals surface area contributed by atoms with Crippen molar-refractivity contribution >= 4 is 17.6 Å². The molecule has 0 saturated heterocycles. The molecule has 0 aliphatic carbocycles. The zero-order chi connectivity index (χ0) is 28.2. The second-order valence-electron chi connectivity index (χ2n) is 9.58. The van der Waals surface area contributed by atoms with E-state index in [2.05, 4.69) is 42.6 Å². The minimum Gasteiger partial charge on any atom is -0.491 e. The quantitative estimate of drug-likeness (QED) is 0.225. The van der Waals surface area contributed by atoms with Gasteiger partial charge in [-0.1, -0.05) is 6.07 Å². The van der Waals surface area contributed by atoms with Crippen molar-refractivity contribution in [2.24, 2.45) is 0 Å². The van der Waals surface area contributed by atoms with Gasteiger partial charge in [0.2, 0.25) is 0 Å². The number of aliphatic carboxylic acids is 1. The van der Waals surface area contributed by atoms with Gasteiger partial charge in [0, 0.05) is 37.6 Å². The van der Waals surface area contributed by atoms with E-state index in [0.717, 1.165) is 62.9 Å². The summed E-state index contributed by atoms with van der Waals surface area (Å²) in [7, 11) is 1.45. The third-order valence-corrected chi connectivity index (χ3v) is 6.64. The van der Waals surface area contributed by atoms with Gasteiger partial charge in [0.15, 0.2) is 0 Å². The number of halogens is 1. The number of nitrogens with zero attached hydrogens (tertiary/aromatic N) is 5. The van der Waals surface area contributed by atoms with Crippen molar-refractivity contribution in [1.82, 2.24) is 24.8 Å². The van der Waals surface area contributed by atoms with Crippen LogP contribution in [0.25, 0.3) is 0 Å². The topological polar surface area (TPSA) is 135 Å². The number of aryl methyl sites for hydroxylation is 2. The Labute approximate surface area is 233 Å². The molecule has 0 fully saturated rings. The number of carbonyl (C=O) groups is 1. The number of fused-ring (bicyclic) bond motifs is 1. The van der Waals surface area contributed by atoms with Crippen LogP contribution >= 0.6 is 0 Å². The molecule has 12 heteroatoms. The van der Waals surface area contributed by atoms with E-state index in [-0.39, 0.29) is 6.01 Å². The van der Waals surface area contributed by atoms with Crippen LogP contribution in [0.2, 0.25) is 0 Å². The van der Waals surface area contributed by atoms with Crippen molar-refractivity contribution < 1.29 is 23.8 Å². The molecule has 1 unspecified atom stereocenters. The van der Waals surface area contributed by atoms with Crippen LogP contribution < -0.4 is 20.1 Å². The molecular formula is C28H36FN7O4. The van der Waals surface area contributed by atoms with Crippen molar-refractivity contribution in [2.45, 2.75) is 44.6 Å². The monoisotopic (exact) mass is 553 g/mol. The number of hydrogen-bond donors (Lipinski definition) is 3. The van der Waals surface area contributed by atoms with Crippen LogP contribution in [0.15, 0.2) is 42.9 Å². The Kier molecular flexibility index (Phi) is 10.8. The summed E-state index contributed by atoms with van der Waals surface area (Å²) in [5.74, 6) is 0.293. The number of carboxylic acids is 1. The maximum atomic E-state index is 13.5. The third-order valence-electron chi connectivity index (χ3n) is 6.64. The second-order valence-corrected chi connectivity index (χ2v) is 9.58. The number of hydrogen-bond acceptors (Lipinski definition) is 10. The highest BCUT2D eigenvalue weighted by atomic mass is 19.1. The predicted octanol–water partition coefficient (Wildman–Crippen LogP) is 3.43. The molecule has 1 aliphatic rings. The fourth-order valence-corrected chi connectivity index (χ4v) is 4.52. The van der Waals surface area contributed by atoms with Gasteiger partial charge >= 0.3 is 12.0 Å². The summed E-state index contributed by atoms with van der Waals surface area (Å²) < 4.78 is 24.2. The highest BCUT2D eigenvalue weighted by Gasteiger charge is 2.20. The third kappa shape index (κ3) is 9.01. The number of carboxylic acid groups (broad SMARTS) is 1. The standard InChI is InChI=1S/C28H36FN7O4/c1-39-28-32-12-9-25(35-28)34-24(27(37)38)10-14-36(15-16-40-23-17-21(29)18-30-19-23)13-3-2-6-22-8-7-20-5-4-11-31-26(20)33-22/h7-9,12,17-19,24H,2-6,10-11,13-16H2,1H3,(H,31,33)(H,37,38)(H,32,34,35). The maximum absolute atomic E-state index is 13.5. The Morgan fingerprint density at radius 1 is 1.20 bits per heavy atom. The minimum absolute atomic E-state index is 0.156. The molecule has 3 aromatic heterocycles. The molecule has 1 atom stereocenters. The molecule has 4 rings (SSSR count). The van der Waals surface area contributed by atoms with Gasteiger partial charge in [-0.2, -0.15) is 4.98 Å². The molecule has 0 aromatic carbocycles. The van der Waals surface area contributed by atoms with E-state index >= 15 is 0 Å². The van der Waals surface area contributed by atoms with Crippen molar-refractivity contribution in [3.8, 4) is 11.8 Å². The summed E-state index contributed by atoms with van der Waals surface area (Å²) in [6.45, 7) is 3.09. The molecule has 0 saturated carbocycles. The van der Waals surface area contributed by atoms with Crippen molar-refractivity contribution in [1.29, 1.82) is 0 Å². The van der Waals surface area contributed by atoms with E-state index < -0.39 is 17.8 Å². The first-order chi connectivity index (χ1) is 19.5. The van der Waals surface area contributed by atoms with E-state index in [1.165, 1.54) is 31.1 Å². The average molecular weight is 554 g/mol. The van der Waals surface area contributed by atoms with Crippen molar-refractivity contribution in [3.63, 3.8) is 0 Å². The Morgan fingerprint density at radius 3 is 2.92 bits per heavy atom. The Bertz CT molecular complexity index is 1250. The van der Waals surface area contributed by atoms with Gasteiger partial charge in [0.1, 0.15) is 35.9 Å². The summed E-state index contributed by atoms with van der Waals surface area (Å²) >= 11 is 0. The highest BCUT2D eigenvalue weighted by molar-refractivity contribution is 5.76. The van der Waals surface area contributed by atoms with Crippen LogP contribution in [0.4, 0.5) is 16.0 Å². The number of unbranched alkanes of at least 4 members (excludes halogenated alkanes) is 1. The number of rotatable bonds is 16. The van der Waals surface area contributed by atoms with Crippen LogP contribution in [0.1, 0.15) is 36.9 Å². The number of methoxy groups -OCH3 is 1. The van der Waals surface area contributed by atoms with Crippen LogP contribution in [0, 0.1) is 5.82 Å². The van der Waals surface area contributed by atoms with E-state index in [1.54, 1.807) is 6.07 Å². The lowest BCUT2D eigenvalue weighted by atomic mass is 10.1. The molecule has 0 radical (unpaired) electrons. The van der Waals surface area contributed by atoms with Gasteiger partial charge in [-0.15, -0.1) is 0 Å². The number of aromatic nitrogens is 4. The molecule has 3 N–H and O–H groups in total. The predicted molar refractivity (Wildman–Crippen MR) is 148 cm³/mol. The second kappa shape index (κ2) is 14.9. The first-order valence-electron chi connectivity index (χ1n) is 13.5. The van der Waals surface area contributed by atoms with Crippen LogP contribution in [0.5, 0.6) is 11.8 Å².